The number of aromatic amines is 1. The summed E-state index contributed by atoms with van der Waals surface area (Å²) in [5, 5.41) is 11.3. The van der Waals surface area contributed by atoms with E-state index in [-0.39, 0.29) is 18.2 Å². The topological polar surface area (TPSA) is 95.3 Å². The van der Waals surface area contributed by atoms with Crippen molar-refractivity contribution in [2.24, 2.45) is 0 Å². The van der Waals surface area contributed by atoms with Crippen LogP contribution < -0.4 is 5.32 Å². The van der Waals surface area contributed by atoms with Gasteiger partial charge in [0.1, 0.15) is 11.5 Å². The molecule has 2 aromatic heterocycles. The van der Waals surface area contributed by atoms with Crippen LogP contribution in [0.4, 0.5) is 0 Å². The number of amides is 1. The third kappa shape index (κ3) is 2.80. The SMILES string of the molecule is O=C(NCc1ccc(C(=O)O)o1)c1cc(Br)c[nH]1. The maximum Gasteiger partial charge on any atom is 0.371 e. The number of carboxylic acids is 1. The maximum absolute atomic E-state index is 11.7. The molecule has 0 atom stereocenters. The molecule has 0 bridgehead atoms. The molecule has 0 aliphatic heterocycles. The standard InChI is InChI=1S/C11H9BrN2O4/c12-6-3-8(13-4-6)10(15)14-5-7-1-2-9(18-7)11(16)17/h1-4,13H,5H2,(H,14,15)(H,16,17). The van der Waals surface area contributed by atoms with Crippen molar-refractivity contribution in [2.75, 3.05) is 0 Å². The van der Waals surface area contributed by atoms with Crippen LogP contribution in [0.1, 0.15) is 26.8 Å². The third-order valence-corrected chi connectivity index (χ3v) is 2.65. The van der Waals surface area contributed by atoms with Crippen molar-refractivity contribution in [3.63, 3.8) is 0 Å². The van der Waals surface area contributed by atoms with Crippen LogP contribution in [-0.2, 0) is 6.54 Å². The van der Waals surface area contributed by atoms with E-state index < -0.39 is 5.97 Å². The number of rotatable bonds is 4. The van der Waals surface area contributed by atoms with Crippen molar-refractivity contribution in [1.82, 2.24) is 10.3 Å². The minimum Gasteiger partial charge on any atom is -0.475 e. The molecule has 94 valence electrons. The van der Waals surface area contributed by atoms with Gasteiger partial charge < -0.3 is 19.8 Å². The third-order valence-electron chi connectivity index (χ3n) is 2.19. The number of furan rings is 1. The molecule has 3 N–H and O–H groups in total. The Kier molecular flexibility index (Phi) is 3.52. The molecular formula is C11H9BrN2O4. The van der Waals surface area contributed by atoms with Gasteiger partial charge in [0.05, 0.1) is 6.54 Å². The molecule has 0 aromatic carbocycles. The summed E-state index contributed by atoms with van der Waals surface area (Å²) >= 11 is 3.22. The predicted octanol–water partition coefficient (Wildman–Crippen LogP) is 2.00. The van der Waals surface area contributed by atoms with Gasteiger partial charge in [-0.15, -0.1) is 0 Å². The quantitative estimate of drug-likeness (QED) is 0.804. The summed E-state index contributed by atoms with van der Waals surface area (Å²) in [6.45, 7) is 0.128. The Morgan fingerprint density at radius 3 is 2.78 bits per heavy atom. The highest BCUT2D eigenvalue weighted by atomic mass is 79.9. The molecule has 2 rings (SSSR count). The van der Waals surface area contributed by atoms with Gasteiger partial charge in [0.15, 0.2) is 0 Å². The Morgan fingerprint density at radius 1 is 1.44 bits per heavy atom. The number of halogens is 1. The minimum atomic E-state index is -1.14. The van der Waals surface area contributed by atoms with Gasteiger partial charge in [0.2, 0.25) is 5.76 Å². The Balaban J connectivity index is 1.95. The molecule has 0 aliphatic rings. The summed E-state index contributed by atoms with van der Waals surface area (Å²) in [5.41, 5.74) is 0.409. The number of carbonyl (C=O) groups excluding carboxylic acids is 1. The number of nitrogens with one attached hydrogen (secondary N) is 2. The van der Waals surface area contributed by atoms with Gasteiger partial charge in [-0.2, -0.15) is 0 Å². The van der Waals surface area contributed by atoms with Gasteiger partial charge in [0.25, 0.3) is 5.91 Å². The van der Waals surface area contributed by atoms with Crippen LogP contribution >= 0.6 is 15.9 Å². The molecule has 6 nitrogen and oxygen atoms in total. The number of carbonyl (C=O) groups is 2. The van der Waals surface area contributed by atoms with E-state index in [0.717, 1.165) is 4.47 Å². The Bertz CT molecular complexity index is 587. The zero-order valence-corrected chi connectivity index (χ0v) is 10.7. The van der Waals surface area contributed by atoms with Crippen LogP contribution in [0.3, 0.4) is 0 Å². The fourth-order valence-corrected chi connectivity index (χ4v) is 1.69. The van der Waals surface area contributed by atoms with Crippen LogP contribution in [0.5, 0.6) is 0 Å². The molecule has 0 unspecified atom stereocenters. The second kappa shape index (κ2) is 5.09. The average molecular weight is 313 g/mol. The molecule has 18 heavy (non-hydrogen) atoms. The fourth-order valence-electron chi connectivity index (χ4n) is 1.35. The zero-order chi connectivity index (χ0) is 13.1. The molecule has 1 amide bonds. The molecule has 0 spiro atoms. The lowest BCUT2D eigenvalue weighted by atomic mass is 10.4. The zero-order valence-electron chi connectivity index (χ0n) is 9.07. The van der Waals surface area contributed by atoms with Gasteiger partial charge in [-0.3, -0.25) is 4.79 Å². The molecule has 0 saturated heterocycles. The molecule has 0 saturated carbocycles. The van der Waals surface area contributed by atoms with Crippen LogP contribution in [0.25, 0.3) is 0 Å². The Morgan fingerprint density at radius 2 is 2.22 bits per heavy atom. The first-order chi connectivity index (χ1) is 8.56. The van der Waals surface area contributed by atoms with Crippen LogP contribution in [-0.4, -0.2) is 22.0 Å². The van der Waals surface area contributed by atoms with E-state index in [0.29, 0.717) is 11.5 Å². The lowest BCUT2D eigenvalue weighted by Gasteiger charge is -2.00. The fraction of sp³-hybridized carbons (Fsp3) is 0.0909. The van der Waals surface area contributed by atoms with Gasteiger partial charge in [-0.25, -0.2) is 4.79 Å². The van der Waals surface area contributed by atoms with Crippen molar-refractivity contribution in [1.29, 1.82) is 0 Å². The predicted molar refractivity (Wildman–Crippen MR) is 65.3 cm³/mol. The highest BCUT2D eigenvalue weighted by Crippen LogP contribution is 2.11. The monoisotopic (exact) mass is 312 g/mol. The van der Waals surface area contributed by atoms with Crippen molar-refractivity contribution in [3.05, 3.63) is 46.1 Å². The summed E-state index contributed by atoms with van der Waals surface area (Å²) in [5.74, 6) is -1.21. The number of hydrogen-bond donors (Lipinski definition) is 3. The van der Waals surface area contributed by atoms with Gasteiger partial charge in [-0.1, -0.05) is 0 Å². The van der Waals surface area contributed by atoms with Crippen molar-refractivity contribution in [3.8, 4) is 0 Å². The second-order valence-corrected chi connectivity index (χ2v) is 4.40. The van der Waals surface area contributed by atoms with Crippen LogP contribution in [0.15, 0.2) is 33.3 Å². The molecule has 0 aliphatic carbocycles. The number of carboxylic acid groups (broad SMARTS) is 1. The van der Waals surface area contributed by atoms with Crippen LogP contribution in [0, 0.1) is 0 Å². The molecule has 0 radical (unpaired) electrons. The lowest BCUT2D eigenvalue weighted by Crippen LogP contribution is -2.22. The van der Waals surface area contributed by atoms with E-state index in [9.17, 15) is 9.59 Å². The van der Waals surface area contributed by atoms with Gasteiger partial charge >= 0.3 is 5.97 Å². The first-order valence-corrected chi connectivity index (χ1v) is 5.79. The number of aromatic carboxylic acids is 1. The highest BCUT2D eigenvalue weighted by molar-refractivity contribution is 9.10. The van der Waals surface area contributed by atoms with E-state index >= 15 is 0 Å². The number of aromatic nitrogens is 1. The van der Waals surface area contributed by atoms with E-state index in [1.54, 1.807) is 12.3 Å². The summed E-state index contributed by atoms with van der Waals surface area (Å²) in [7, 11) is 0. The highest BCUT2D eigenvalue weighted by Gasteiger charge is 2.11. The minimum absolute atomic E-state index is 0.128. The van der Waals surface area contributed by atoms with Crippen molar-refractivity contribution in [2.45, 2.75) is 6.54 Å². The molecular weight excluding hydrogens is 304 g/mol. The molecule has 2 heterocycles. The number of hydrogen-bond acceptors (Lipinski definition) is 3. The normalized spacial score (nSPS) is 10.3. The Hall–Kier alpha value is -2.02. The lowest BCUT2D eigenvalue weighted by molar-refractivity contribution is 0.0660. The summed E-state index contributed by atoms with van der Waals surface area (Å²) in [4.78, 5) is 25.0. The van der Waals surface area contributed by atoms with E-state index in [1.165, 1.54) is 12.1 Å². The van der Waals surface area contributed by atoms with Gasteiger partial charge in [-0.05, 0) is 34.1 Å². The van der Waals surface area contributed by atoms with Crippen molar-refractivity contribution >= 4 is 27.8 Å². The maximum atomic E-state index is 11.7. The average Bonchev–Trinajstić information content (AvgIpc) is 2.94. The second-order valence-electron chi connectivity index (χ2n) is 3.49. The molecule has 7 heteroatoms. The largest absolute Gasteiger partial charge is 0.475 e. The number of H-pyrrole nitrogens is 1. The molecule has 2 aromatic rings. The summed E-state index contributed by atoms with van der Waals surface area (Å²) in [6.07, 6.45) is 1.64. The molecule has 0 fully saturated rings. The van der Waals surface area contributed by atoms with Gasteiger partial charge in [0, 0.05) is 10.7 Å². The van der Waals surface area contributed by atoms with E-state index in [2.05, 4.69) is 26.2 Å². The van der Waals surface area contributed by atoms with Crippen molar-refractivity contribution < 1.29 is 19.1 Å². The Labute approximate surface area is 110 Å². The van der Waals surface area contributed by atoms with E-state index in [1.807, 2.05) is 0 Å². The summed E-state index contributed by atoms with van der Waals surface area (Å²) < 4.78 is 5.78. The smallest absolute Gasteiger partial charge is 0.371 e. The first-order valence-electron chi connectivity index (χ1n) is 5.00. The van der Waals surface area contributed by atoms with Crippen LogP contribution in [0.2, 0.25) is 0 Å². The summed E-state index contributed by atoms with van der Waals surface area (Å²) in [6, 6.07) is 4.49. The first kappa shape index (κ1) is 12.4. The van der Waals surface area contributed by atoms with E-state index in [4.69, 9.17) is 9.52 Å².